The van der Waals surface area contributed by atoms with Crippen LogP contribution in [0.2, 0.25) is 0 Å². The van der Waals surface area contributed by atoms with Crippen molar-refractivity contribution in [1.82, 2.24) is 4.98 Å². The van der Waals surface area contributed by atoms with E-state index in [9.17, 15) is 10.1 Å². The number of anilines is 2. The summed E-state index contributed by atoms with van der Waals surface area (Å²) in [6.07, 6.45) is 1.63. The molecule has 0 radical (unpaired) electrons. The van der Waals surface area contributed by atoms with Crippen LogP contribution in [0.25, 0.3) is 16.8 Å². The van der Waals surface area contributed by atoms with E-state index in [0.29, 0.717) is 22.9 Å². The van der Waals surface area contributed by atoms with Gasteiger partial charge in [0.05, 0.1) is 12.3 Å². The first kappa shape index (κ1) is 20.1. The second-order valence-corrected chi connectivity index (χ2v) is 6.93. The fraction of sp³-hybridized carbons (Fsp3) is 0.136. The minimum atomic E-state index is -0.121. The monoisotopic (exact) mass is 404 g/mol. The van der Waals surface area contributed by atoms with E-state index < -0.39 is 0 Å². The van der Waals surface area contributed by atoms with Gasteiger partial charge in [0.1, 0.15) is 22.4 Å². The van der Waals surface area contributed by atoms with E-state index in [1.54, 1.807) is 18.3 Å². The number of nitrogens with one attached hydrogen (secondary N) is 2. The number of allylic oxidation sites excluding steroid dienone is 1. The van der Waals surface area contributed by atoms with Gasteiger partial charge in [-0.25, -0.2) is 4.98 Å². The molecule has 1 heterocycles. The Balaban J connectivity index is 1.71. The van der Waals surface area contributed by atoms with Crippen LogP contribution >= 0.6 is 11.3 Å². The number of aromatic nitrogens is 1. The van der Waals surface area contributed by atoms with Crippen LogP contribution in [-0.4, -0.2) is 17.5 Å². The van der Waals surface area contributed by atoms with Crippen LogP contribution in [0.4, 0.5) is 11.4 Å². The molecular weight excluding hydrogens is 384 g/mol. The van der Waals surface area contributed by atoms with Crippen LogP contribution in [0.15, 0.2) is 60.1 Å². The highest BCUT2D eigenvalue weighted by molar-refractivity contribution is 7.11. The maximum atomic E-state index is 11.1. The number of amides is 1. The zero-order valence-electron chi connectivity index (χ0n) is 16.1. The van der Waals surface area contributed by atoms with Gasteiger partial charge in [-0.05, 0) is 55.5 Å². The lowest BCUT2D eigenvalue weighted by atomic mass is 10.2. The average molecular weight is 404 g/mol. The van der Waals surface area contributed by atoms with Crippen molar-refractivity contribution in [2.75, 3.05) is 17.2 Å². The molecule has 0 spiro atoms. The average Bonchev–Trinajstić information content (AvgIpc) is 3.20. The summed E-state index contributed by atoms with van der Waals surface area (Å²) < 4.78 is 5.46. The normalized spacial score (nSPS) is 10.9. The highest BCUT2D eigenvalue weighted by atomic mass is 32.1. The second-order valence-electron chi connectivity index (χ2n) is 6.07. The minimum absolute atomic E-state index is 0.121. The molecule has 0 fully saturated rings. The van der Waals surface area contributed by atoms with Crippen molar-refractivity contribution in [3.05, 3.63) is 65.1 Å². The topological polar surface area (TPSA) is 87.0 Å². The number of thiazole rings is 1. The molecule has 1 aromatic heterocycles. The number of ether oxygens (including phenoxy) is 1. The maximum Gasteiger partial charge on any atom is 0.221 e. The molecule has 2 N–H and O–H groups in total. The smallest absolute Gasteiger partial charge is 0.221 e. The summed E-state index contributed by atoms with van der Waals surface area (Å²) in [7, 11) is 0. The predicted octanol–water partition coefficient (Wildman–Crippen LogP) is 5.14. The molecule has 0 aliphatic carbocycles. The molecule has 0 unspecified atom stereocenters. The molecule has 0 atom stereocenters. The molecule has 6 nitrogen and oxygen atoms in total. The first-order valence-corrected chi connectivity index (χ1v) is 9.90. The lowest BCUT2D eigenvalue weighted by Gasteiger charge is -2.05. The Hall–Kier alpha value is -3.63. The molecule has 0 aliphatic rings. The summed E-state index contributed by atoms with van der Waals surface area (Å²) in [6, 6.07) is 17.1. The molecule has 1 amide bonds. The maximum absolute atomic E-state index is 11.1. The largest absolute Gasteiger partial charge is 0.494 e. The van der Waals surface area contributed by atoms with Gasteiger partial charge in [0.15, 0.2) is 0 Å². The van der Waals surface area contributed by atoms with E-state index in [2.05, 4.69) is 21.7 Å². The Kier molecular flexibility index (Phi) is 6.61. The van der Waals surface area contributed by atoms with E-state index in [1.807, 2.05) is 48.7 Å². The number of nitriles is 1. The minimum Gasteiger partial charge on any atom is -0.494 e. The van der Waals surface area contributed by atoms with Crippen LogP contribution in [0.5, 0.6) is 5.75 Å². The molecule has 29 heavy (non-hydrogen) atoms. The lowest BCUT2D eigenvalue weighted by molar-refractivity contribution is -0.114. The number of carbonyl (C=O) groups is 1. The second kappa shape index (κ2) is 9.53. The van der Waals surface area contributed by atoms with Gasteiger partial charge in [0.25, 0.3) is 0 Å². The number of carbonyl (C=O) groups excluding carboxylic acids is 1. The van der Waals surface area contributed by atoms with Gasteiger partial charge in [-0.1, -0.05) is 0 Å². The van der Waals surface area contributed by atoms with Gasteiger partial charge >= 0.3 is 0 Å². The van der Waals surface area contributed by atoms with E-state index >= 15 is 0 Å². The number of hydrogen-bond donors (Lipinski definition) is 2. The SMILES string of the molecule is CCOc1ccc(-c2csc(C(C#N)=CNc3ccc(NC(C)=O)cc3)n2)cc1. The molecule has 0 aliphatic heterocycles. The van der Waals surface area contributed by atoms with Crippen molar-refractivity contribution in [2.24, 2.45) is 0 Å². The van der Waals surface area contributed by atoms with Gasteiger partial charge in [0.2, 0.25) is 5.91 Å². The molecule has 7 heteroatoms. The van der Waals surface area contributed by atoms with Crippen LogP contribution in [0, 0.1) is 11.3 Å². The van der Waals surface area contributed by atoms with Crippen molar-refractivity contribution in [3.63, 3.8) is 0 Å². The summed E-state index contributed by atoms with van der Waals surface area (Å²) in [6.45, 7) is 4.03. The van der Waals surface area contributed by atoms with Crippen LogP contribution in [0.3, 0.4) is 0 Å². The zero-order chi connectivity index (χ0) is 20.6. The van der Waals surface area contributed by atoms with E-state index in [1.165, 1.54) is 18.3 Å². The number of rotatable bonds is 7. The van der Waals surface area contributed by atoms with Gasteiger partial charge in [-0.15, -0.1) is 11.3 Å². The lowest BCUT2D eigenvalue weighted by Crippen LogP contribution is -2.05. The number of hydrogen-bond acceptors (Lipinski definition) is 6. The molecule has 0 bridgehead atoms. The van der Waals surface area contributed by atoms with Gasteiger partial charge in [0, 0.05) is 35.4 Å². The molecule has 3 aromatic rings. The van der Waals surface area contributed by atoms with Gasteiger partial charge < -0.3 is 15.4 Å². The Morgan fingerprint density at radius 1 is 1.17 bits per heavy atom. The zero-order valence-corrected chi connectivity index (χ0v) is 16.9. The third-order valence-electron chi connectivity index (χ3n) is 3.90. The first-order valence-electron chi connectivity index (χ1n) is 9.02. The summed E-state index contributed by atoms with van der Waals surface area (Å²) in [4.78, 5) is 15.7. The standard InChI is InChI=1S/C22H20N4O2S/c1-3-28-20-10-4-16(5-11-20)21-14-29-22(26-21)17(12-23)13-24-18-6-8-19(9-7-18)25-15(2)27/h4-11,13-14,24H,3H2,1-2H3,(H,25,27). The van der Waals surface area contributed by atoms with E-state index in [-0.39, 0.29) is 5.91 Å². The third-order valence-corrected chi connectivity index (χ3v) is 4.78. The molecule has 0 saturated carbocycles. The third kappa shape index (κ3) is 5.43. The van der Waals surface area contributed by atoms with E-state index in [0.717, 1.165) is 22.7 Å². The summed E-state index contributed by atoms with van der Waals surface area (Å²) in [5, 5.41) is 17.9. The fourth-order valence-electron chi connectivity index (χ4n) is 2.57. The molecular formula is C22H20N4O2S. The summed E-state index contributed by atoms with van der Waals surface area (Å²) in [5.41, 5.74) is 3.74. The Morgan fingerprint density at radius 3 is 2.48 bits per heavy atom. The summed E-state index contributed by atoms with van der Waals surface area (Å²) >= 11 is 1.42. The van der Waals surface area contributed by atoms with Crippen LogP contribution in [-0.2, 0) is 4.79 Å². The fourth-order valence-corrected chi connectivity index (χ4v) is 3.36. The Labute approximate surface area is 173 Å². The quantitative estimate of drug-likeness (QED) is 0.532. The van der Waals surface area contributed by atoms with Crippen molar-refractivity contribution >= 4 is 34.2 Å². The highest BCUT2D eigenvalue weighted by Crippen LogP contribution is 2.27. The van der Waals surface area contributed by atoms with Crippen LogP contribution in [0.1, 0.15) is 18.9 Å². The van der Waals surface area contributed by atoms with Crippen molar-refractivity contribution in [3.8, 4) is 23.1 Å². The molecule has 2 aromatic carbocycles. The van der Waals surface area contributed by atoms with Crippen molar-refractivity contribution in [2.45, 2.75) is 13.8 Å². The van der Waals surface area contributed by atoms with Crippen molar-refractivity contribution in [1.29, 1.82) is 5.26 Å². The highest BCUT2D eigenvalue weighted by Gasteiger charge is 2.09. The number of nitrogens with zero attached hydrogens (tertiary/aromatic N) is 2. The first-order chi connectivity index (χ1) is 14.1. The van der Waals surface area contributed by atoms with E-state index in [4.69, 9.17) is 4.74 Å². The van der Waals surface area contributed by atoms with Crippen LogP contribution < -0.4 is 15.4 Å². The molecule has 146 valence electrons. The Morgan fingerprint density at radius 2 is 1.86 bits per heavy atom. The molecule has 3 rings (SSSR count). The molecule has 0 saturated heterocycles. The van der Waals surface area contributed by atoms with Gasteiger partial charge in [-0.2, -0.15) is 5.26 Å². The summed E-state index contributed by atoms with van der Waals surface area (Å²) in [5.74, 6) is 0.697. The van der Waals surface area contributed by atoms with Gasteiger partial charge in [-0.3, -0.25) is 4.79 Å². The predicted molar refractivity (Wildman–Crippen MR) is 117 cm³/mol. The number of benzene rings is 2. The Bertz CT molecular complexity index is 1050. The van der Waals surface area contributed by atoms with Crippen molar-refractivity contribution < 1.29 is 9.53 Å².